The van der Waals surface area contributed by atoms with Gasteiger partial charge in [0.15, 0.2) is 0 Å². The molecule has 2 aromatic rings. The number of hydrogen-bond acceptors (Lipinski definition) is 5. The van der Waals surface area contributed by atoms with E-state index in [1.165, 1.54) is 36.4 Å². The summed E-state index contributed by atoms with van der Waals surface area (Å²) >= 11 is 0. The normalized spacial score (nSPS) is 20.7. The van der Waals surface area contributed by atoms with Gasteiger partial charge in [-0.3, -0.25) is 4.79 Å². The summed E-state index contributed by atoms with van der Waals surface area (Å²) in [7, 11) is -3.80. The number of likely N-dealkylation sites (tertiary alicyclic amines) is 2. The SMILES string of the molecule is NS(=O)(=O)c1ccc(C(=O)N2C[C@H]3CN(/C=C/Cc4ccc(OC(F)(F)F)cc4)C[C@@H]3C2)cc1. The molecule has 0 spiro atoms. The van der Waals surface area contributed by atoms with Crippen LogP contribution >= 0.6 is 0 Å². The van der Waals surface area contributed by atoms with Gasteiger partial charge in [0.1, 0.15) is 5.75 Å². The summed E-state index contributed by atoms with van der Waals surface area (Å²) in [5.74, 6) is 0.314. The maximum absolute atomic E-state index is 12.8. The van der Waals surface area contributed by atoms with Crippen molar-refractivity contribution in [2.45, 2.75) is 17.7 Å². The lowest BCUT2D eigenvalue weighted by molar-refractivity contribution is -0.274. The number of allylic oxidation sites excluding steroid dienone is 1. The van der Waals surface area contributed by atoms with Crippen molar-refractivity contribution < 1.29 is 31.1 Å². The van der Waals surface area contributed by atoms with Gasteiger partial charge < -0.3 is 14.5 Å². The van der Waals surface area contributed by atoms with E-state index in [1.807, 2.05) is 12.3 Å². The number of halogens is 3. The second-order valence-electron chi connectivity index (χ2n) is 8.53. The topological polar surface area (TPSA) is 92.9 Å². The quantitative estimate of drug-likeness (QED) is 0.665. The van der Waals surface area contributed by atoms with E-state index < -0.39 is 16.4 Å². The maximum atomic E-state index is 12.8. The molecule has 2 N–H and O–H groups in total. The first-order valence-corrected chi connectivity index (χ1v) is 12.2. The lowest BCUT2D eigenvalue weighted by Crippen LogP contribution is -2.32. The average Bonchev–Trinajstić information content (AvgIpc) is 3.32. The van der Waals surface area contributed by atoms with Crippen molar-refractivity contribution in [2.24, 2.45) is 17.0 Å². The van der Waals surface area contributed by atoms with Crippen LogP contribution < -0.4 is 9.88 Å². The summed E-state index contributed by atoms with van der Waals surface area (Å²) in [5.41, 5.74) is 1.30. The molecule has 1 amide bonds. The number of benzene rings is 2. The number of nitrogens with zero attached hydrogens (tertiary/aromatic N) is 2. The van der Waals surface area contributed by atoms with Crippen LogP contribution in [-0.4, -0.2) is 56.7 Å². The van der Waals surface area contributed by atoms with Crippen LogP contribution in [0.25, 0.3) is 0 Å². The van der Waals surface area contributed by atoms with Crippen molar-refractivity contribution in [3.05, 3.63) is 71.9 Å². The first-order chi connectivity index (χ1) is 16.0. The number of alkyl halides is 3. The van der Waals surface area contributed by atoms with Crippen LogP contribution in [0, 0.1) is 11.8 Å². The third kappa shape index (κ3) is 5.89. The van der Waals surface area contributed by atoms with Gasteiger partial charge in [-0.2, -0.15) is 0 Å². The molecule has 0 unspecified atom stereocenters. The van der Waals surface area contributed by atoms with Crippen molar-refractivity contribution in [1.82, 2.24) is 9.80 Å². The zero-order valence-electron chi connectivity index (χ0n) is 18.1. The molecule has 0 aromatic heterocycles. The number of rotatable bonds is 6. The minimum Gasteiger partial charge on any atom is -0.406 e. The Bertz CT molecular complexity index is 1150. The number of ether oxygens (including phenoxy) is 1. The molecule has 2 heterocycles. The van der Waals surface area contributed by atoms with Gasteiger partial charge in [0.2, 0.25) is 10.0 Å². The molecular weight excluding hydrogens is 471 g/mol. The third-order valence-corrected chi connectivity index (χ3v) is 6.99. The van der Waals surface area contributed by atoms with E-state index in [-0.39, 0.29) is 16.6 Å². The van der Waals surface area contributed by atoms with Gasteiger partial charge >= 0.3 is 6.36 Å². The van der Waals surface area contributed by atoms with E-state index >= 15 is 0 Å². The van der Waals surface area contributed by atoms with Gasteiger partial charge in [-0.25, -0.2) is 13.6 Å². The number of amides is 1. The molecule has 182 valence electrons. The summed E-state index contributed by atoms with van der Waals surface area (Å²) in [6.45, 7) is 2.89. The zero-order chi connectivity index (χ0) is 24.5. The Morgan fingerprint density at radius 3 is 2.12 bits per heavy atom. The number of hydrogen-bond donors (Lipinski definition) is 1. The summed E-state index contributed by atoms with van der Waals surface area (Å²) in [5, 5.41) is 5.10. The minimum absolute atomic E-state index is 0.0321. The molecule has 0 bridgehead atoms. The maximum Gasteiger partial charge on any atom is 0.573 e. The Labute approximate surface area is 195 Å². The summed E-state index contributed by atoms with van der Waals surface area (Å²) in [4.78, 5) is 16.8. The standard InChI is InChI=1S/C23H24F3N3O4S/c24-23(25,26)33-20-7-3-16(4-8-20)2-1-11-28-12-18-14-29(15-19(18)13-28)22(30)17-5-9-21(10-6-17)34(27,31)32/h1,3-11,18-19H,2,12-15H2,(H2,27,31,32)/b11-1+/t18-,19-/m1/s1. The minimum atomic E-state index is -4.70. The van der Waals surface area contributed by atoms with Crippen molar-refractivity contribution in [1.29, 1.82) is 0 Å². The molecule has 0 aliphatic carbocycles. The van der Waals surface area contributed by atoms with Gasteiger partial charge in [0.25, 0.3) is 5.91 Å². The van der Waals surface area contributed by atoms with Crippen LogP contribution in [0.1, 0.15) is 15.9 Å². The second kappa shape index (κ2) is 9.30. The predicted octanol–water partition coefficient (Wildman–Crippen LogP) is 2.99. The van der Waals surface area contributed by atoms with Gasteiger partial charge in [0.05, 0.1) is 4.90 Å². The molecule has 2 fully saturated rings. The number of carbonyl (C=O) groups excluding carboxylic acids is 1. The van der Waals surface area contributed by atoms with E-state index in [2.05, 4.69) is 9.64 Å². The average molecular weight is 496 g/mol. The van der Waals surface area contributed by atoms with Gasteiger partial charge in [-0.15, -0.1) is 13.2 Å². The van der Waals surface area contributed by atoms with Crippen molar-refractivity contribution in [3.63, 3.8) is 0 Å². The molecule has 7 nitrogen and oxygen atoms in total. The molecule has 2 atom stereocenters. The first kappa shape index (κ1) is 24.1. The molecular formula is C23H24F3N3O4S. The number of carbonyl (C=O) groups is 1. The molecule has 0 saturated carbocycles. The Kier molecular flexibility index (Phi) is 6.59. The Hall–Kier alpha value is -3.05. The van der Waals surface area contributed by atoms with Crippen LogP contribution in [0.4, 0.5) is 13.2 Å². The van der Waals surface area contributed by atoms with Crippen LogP contribution in [0.2, 0.25) is 0 Å². The van der Waals surface area contributed by atoms with Crippen molar-refractivity contribution >= 4 is 15.9 Å². The summed E-state index contributed by atoms with van der Waals surface area (Å²) in [6.07, 6.45) is -0.155. The smallest absolute Gasteiger partial charge is 0.406 e. The lowest BCUT2D eigenvalue weighted by atomic mass is 10.0. The third-order valence-electron chi connectivity index (χ3n) is 6.06. The van der Waals surface area contributed by atoms with Crippen LogP contribution in [-0.2, 0) is 16.4 Å². The van der Waals surface area contributed by atoms with Gasteiger partial charge in [0, 0.05) is 43.6 Å². The van der Waals surface area contributed by atoms with Gasteiger partial charge in [-0.05, 0) is 54.6 Å². The zero-order valence-corrected chi connectivity index (χ0v) is 18.9. The fourth-order valence-corrected chi connectivity index (χ4v) is 4.97. The van der Waals surface area contributed by atoms with Crippen molar-refractivity contribution in [2.75, 3.05) is 26.2 Å². The molecule has 2 aliphatic rings. The fourth-order valence-electron chi connectivity index (χ4n) is 4.45. The Morgan fingerprint density at radius 2 is 1.59 bits per heavy atom. The highest BCUT2D eigenvalue weighted by molar-refractivity contribution is 7.89. The molecule has 0 radical (unpaired) electrons. The van der Waals surface area contributed by atoms with E-state index in [0.29, 0.717) is 36.9 Å². The van der Waals surface area contributed by atoms with Crippen LogP contribution in [0.3, 0.4) is 0 Å². The summed E-state index contributed by atoms with van der Waals surface area (Å²) in [6, 6.07) is 11.4. The largest absolute Gasteiger partial charge is 0.573 e. The van der Waals surface area contributed by atoms with Crippen molar-refractivity contribution in [3.8, 4) is 5.75 Å². The number of fused-ring (bicyclic) bond motifs is 1. The molecule has 2 aliphatic heterocycles. The monoisotopic (exact) mass is 495 g/mol. The Balaban J connectivity index is 1.26. The lowest BCUT2D eigenvalue weighted by Gasteiger charge is -2.21. The van der Waals surface area contributed by atoms with E-state index in [1.54, 1.807) is 17.0 Å². The second-order valence-corrected chi connectivity index (χ2v) is 10.1. The highest BCUT2D eigenvalue weighted by Crippen LogP contribution is 2.32. The first-order valence-electron chi connectivity index (χ1n) is 10.7. The molecule has 2 aromatic carbocycles. The van der Waals surface area contributed by atoms with E-state index in [0.717, 1.165) is 18.7 Å². The number of nitrogens with two attached hydrogens (primary N) is 1. The highest BCUT2D eigenvalue weighted by atomic mass is 32.2. The number of sulfonamides is 1. The molecule has 11 heteroatoms. The molecule has 2 saturated heterocycles. The fraction of sp³-hybridized carbons (Fsp3) is 0.348. The molecule has 34 heavy (non-hydrogen) atoms. The van der Waals surface area contributed by atoms with Crippen LogP contribution in [0.5, 0.6) is 5.75 Å². The van der Waals surface area contributed by atoms with E-state index in [9.17, 15) is 26.4 Å². The predicted molar refractivity (Wildman–Crippen MR) is 118 cm³/mol. The van der Waals surface area contributed by atoms with Gasteiger partial charge in [-0.1, -0.05) is 18.2 Å². The summed E-state index contributed by atoms with van der Waals surface area (Å²) < 4.78 is 63.3. The van der Waals surface area contributed by atoms with Crippen LogP contribution in [0.15, 0.2) is 65.7 Å². The number of primary sulfonamides is 1. The van der Waals surface area contributed by atoms with E-state index in [4.69, 9.17) is 5.14 Å². The highest BCUT2D eigenvalue weighted by Gasteiger charge is 2.41. The Morgan fingerprint density at radius 1 is 1.00 bits per heavy atom. The molecule has 4 rings (SSSR count).